The van der Waals surface area contributed by atoms with Crippen molar-refractivity contribution in [3.8, 4) is 0 Å². The molecule has 2 unspecified atom stereocenters. The third-order valence-electron chi connectivity index (χ3n) is 3.79. The fourth-order valence-corrected chi connectivity index (χ4v) is 3.52. The molecule has 0 amide bonds. The molecule has 86 valence electrons. The third kappa shape index (κ3) is 1.27. The van der Waals surface area contributed by atoms with E-state index in [0.717, 1.165) is 34.5 Å². The zero-order chi connectivity index (χ0) is 11.6. The molecule has 17 heavy (non-hydrogen) atoms. The lowest BCUT2D eigenvalue weighted by Crippen LogP contribution is -2.36. The number of nitrogens with zero attached hydrogens (tertiary/aromatic N) is 2. The van der Waals surface area contributed by atoms with Crippen molar-refractivity contribution in [3.05, 3.63) is 40.1 Å². The number of rotatable bonds is 0. The Morgan fingerprint density at radius 3 is 3.12 bits per heavy atom. The van der Waals surface area contributed by atoms with Crippen molar-refractivity contribution in [2.24, 2.45) is 10.9 Å². The molecular weight excluding hydrogens is 283 g/mol. The summed E-state index contributed by atoms with van der Waals surface area (Å²) in [6, 6.07) is 3.53. The zero-order valence-corrected chi connectivity index (χ0v) is 10.6. The number of hydrogen-bond acceptors (Lipinski definition) is 2. The van der Waals surface area contributed by atoms with Crippen LogP contribution in [0.1, 0.15) is 12.0 Å². The average molecular weight is 293 g/mol. The third-order valence-corrected chi connectivity index (χ3v) is 4.49. The van der Waals surface area contributed by atoms with Crippen LogP contribution < -0.4 is 0 Å². The van der Waals surface area contributed by atoms with Crippen LogP contribution in [0.4, 0.5) is 10.1 Å². The Bertz CT molecular complexity index is 579. The number of amidine groups is 1. The molecule has 4 heteroatoms. The maximum absolute atomic E-state index is 13.4. The molecule has 0 saturated carbocycles. The molecule has 0 N–H and O–H groups in total. The monoisotopic (exact) mass is 292 g/mol. The topological polar surface area (TPSA) is 15.6 Å². The first kappa shape index (κ1) is 9.83. The molecule has 0 radical (unpaired) electrons. The lowest BCUT2D eigenvalue weighted by atomic mass is 10.1. The van der Waals surface area contributed by atoms with Crippen molar-refractivity contribution in [2.75, 3.05) is 0 Å². The van der Waals surface area contributed by atoms with E-state index in [9.17, 15) is 4.39 Å². The standard InChI is InChI=1S/C13H10BrFN2/c14-11-4-8(15)5-12-10(11)6-17-9-2-1-7(3-9)13(17)16-12/h1-2,4-5,7,9H,3,6H2. The first-order valence-corrected chi connectivity index (χ1v) is 6.53. The molecule has 2 nitrogen and oxygen atoms in total. The molecule has 4 rings (SSSR count). The first-order valence-electron chi connectivity index (χ1n) is 5.74. The number of benzene rings is 1. The molecule has 1 aromatic carbocycles. The normalized spacial score (nSPS) is 28.1. The predicted molar refractivity (Wildman–Crippen MR) is 67.8 cm³/mol. The Morgan fingerprint density at radius 1 is 1.35 bits per heavy atom. The van der Waals surface area contributed by atoms with E-state index in [1.54, 1.807) is 0 Å². The summed E-state index contributed by atoms with van der Waals surface area (Å²) in [6.45, 7) is 0.834. The van der Waals surface area contributed by atoms with Gasteiger partial charge in [-0.05, 0) is 18.6 Å². The highest BCUT2D eigenvalue weighted by Gasteiger charge is 2.41. The number of aliphatic imine (C=N–C) groups is 1. The van der Waals surface area contributed by atoms with Crippen LogP contribution in [-0.2, 0) is 6.54 Å². The van der Waals surface area contributed by atoms with Gasteiger partial charge < -0.3 is 4.90 Å². The number of halogens is 2. The largest absolute Gasteiger partial charge is 0.349 e. The second-order valence-electron chi connectivity index (χ2n) is 4.78. The van der Waals surface area contributed by atoms with Gasteiger partial charge in [-0.25, -0.2) is 9.38 Å². The van der Waals surface area contributed by atoms with E-state index in [2.05, 4.69) is 38.0 Å². The highest BCUT2D eigenvalue weighted by atomic mass is 79.9. The van der Waals surface area contributed by atoms with Gasteiger partial charge in [-0.1, -0.05) is 28.1 Å². The lowest BCUT2D eigenvalue weighted by molar-refractivity contribution is 0.376. The fourth-order valence-electron chi connectivity index (χ4n) is 2.97. The van der Waals surface area contributed by atoms with Gasteiger partial charge in [0, 0.05) is 28.5 Å². The maximum atomic E-state index is 13.4. The van der Waals surface area contributed by atoms with Crippen molar-refractivity contribution in [1.29, 1.82) is 0 Å². The smallest absolute Gasteiger partial charge is 0.126 e. The molecule has 0 aromatic heterocycles. The van der Waals surface area contributed by atoms with Gasteiger partial charge in [-0.15, -0.1) is 0 Å². The molecule has 1 fully saturated rings. The summed E-state index contributed by atoms with van der Waals surface area (Å²) >= 11 is 3.43. The Kier molecular flexibility index (Phi) is 1.85. The molecule has 2 aliphatic heterocycles. The van der Waals surface area contributed by atoms with Crippen LogP contribution in [0.3, 0.4) is 0 Å². The fraction of sp³-hybridized carbons (Fsp3) is 0.308. The highest BCUT2D eigenvalue weighted by molar-refractivity contribution is 9.10. The quantitative estimate of drug-likeness (QED) is 0.669. The van der Waals surface area contributed by atoms with Gasteiger partial charge in [0.2, 0.25) is 0 Å². The Morgan fingerprint density at radius 2 is 2.24 bits per heavy atom. The van der Waals surface area contributed by atoms with Crippen molar-refractivity contribution in [3.63, 3.8) is 0 Å². The molecule has 2 bridgehead atoms. The van der Waals surface area contributed by atoms with E-state index in [0.29, 0.717) is 12.0 Å². The van der Waals surface area contributed by atoms with Gasteiger partial charge in [-0.3, -0.25) is 0 Å². The SMILES string of the molecule is Fc1cc(Br)c2c(c1)N=C1C3C=CC(C3)N1C2. The van der Waals surface area contributed by atoms with E-state index in [1.165, 1.54) is 12.1 Å². The van der Waals surface area contributed by atoms with Crippen molar-refractivity contribution < 1.29 is 4.39 Å². The molecule has 1 aromatic rings. The number of fused-ring (bicyclic) bond motifs is 6. The van der Waals surface area contributed by atoms with Crippen LogP contribution in [-0.4, -0.2) is 16.8 Å². The van der Waals surface area contributed by atoms with E-state index in [-0.39, 0.29) is 5.82 Å². The van der Waals surface area contributed by atoms with Gasteiger partial charge in [0.05, 0.1) is 5.69 Å². The first-order chi connectivity index (χ1) is 8.22. The summed E-state index contributed by atoms with van der Waals surface area (Å²) in [5.41, 5.74) is 1.88. The molecular formula is C13H10BrFN2. The molecule has 2 atom stereocenters. The van der Waals surface area contributed by atoms with Crippen molar-refractivity contribution in [1.82, 2.24) is 4.90 Å². The molecule has 3 aliphatic rings. The van der Waals surface area contributed by atoms with Crippen molar-refractivity contribution in [2.45, 2.75) is 19.0 Å². The van der Waals surface area contributed by atoms with Gasteiger partial charge in [-0.2, -0.15) is 0 Å². The summed E-state index contributed by atoms with van der Waals surface area (Å²) in [7, 11) is 0. The summed E-state index contributed by atoms with van der Waals surface area (Å²) in [5, 5.41) is 0. The average Bonchev–Trinajstić information content (AvgIpc) is 2.87. The summed E-state index contributed by atoms with van der Waals surface area (Å²) in [6.07, 6.45) is 5.61. The maximum Gasteiger partial charge on any atom is 0.126 e. The minimum Gasteiger partial charge on any atom is -0.349 e. The molecule has 1 saturated heterocycles. The Hall–Kier alpha value is -1.16. The predicted octanol–water partition coefficient (Wildman–Crippen LogP) is 3.39. The zero-order valence-electron chi connectivity index (χ0n) is 9.03. The summed E-state index contributed by atoms with van der Waals surface area (Å²) < 4.78 is 14.2. The van der Waals surface area contributed by atoms with Gasteiger partial charge in [0.15, 0.2) is 0 Å². The molecule has 1 aliphatic carbocycles. The minimum atomic E-state index is -0.230. The number of hydrogen-bond donors (Lipinski definition) is 0. The van der Waals surface area contributed by atoms with Gasteiger partial charge in [0.25, 0.3) is 0 Å². The second kappa shape index (κ2) is 3.19. The molecule has 2 heterocycles. The highest BCUT2D eigenvalue weighted by Crippen LogP contribution is 2.42. The van der Waals surface area contributed by atoms with Crippen LogP contribution in [0.5, 0.6) is 0 Å². The van der Waals surface area contributed by atoms with Gasteiger partial charge in [0.1, 0.15) is 11.7 Å². The van der Waals surface area contributed by atoms with Crippen molar-refractivity contribution >= 4 is 27.5 Å². The molecule has 0 spiro atoms. The summed E-state index contributed by atoms with van der Waals surface area (Å²) in [4.78, 5) is 6.96. The second-order valence-corrected chi connectivity index (χ2v) is 5.63. The Labute approximate surface area is 107 Å². The van der Waals surface area contributed by atoms with E-state index < -0.39 is 0 Å². The van der Waals surface area contributed by atoms with Crippen LogP contribution in [0.25, 0.3) is 0 Å². The summed E-state index contributed by atoms with van der Waals surface area (Å²) in [5.74, 6) is 1.32. The van der Waals surface area contributed by atoms with Gasteiger partial charge >= 0.3 is 0 Å². The van der Waals surface area contributed by atoms with E-state index >= 15 is 0 Å². The van der Waals surface area contributed by atoms with Crippen LogP contribution in [0, 0.1) is 11.7 Å². The lowest BCUT2D eigenvalue weighted by Gasteiger charge is -2.32. The van der Waals surface area contributed by atoms with Crippen LogP contribution in [0.2, 0.25) is 0 Å². The van der Waals surface area contributed by atoms with Crippen LogP contribution >= 0.6 is 15.9 Å². The van der Waals surface area contributed by atoms with E-state index in [1.807, 2.05) is 0 Å². The van der Waals surface area contributed by atoms with Crippen LogP contribution in [0.15, 0.2) is 33.7 Å². The van der Waals surface area contributed by atoms with E-state index in [4.69, 9.17) is 0 Å². The Balaban J connectivity index is 1.90. The minimum absolute atomic E-state index is 0.230.